The molecule has 0 aliphatic rings. The average Bonchev–Trinajstić information content (AvgIpc) is 3.10. The third-order valence-corrected chi connectivity index (χ3v) is 5.49. The predicted octanol–water partition coefficient (Wildman–Crippen LogP) is 6.94. The SMILES string of the molecule is CCCCCc1ccc(-c2ccc(-c3ccc(O)c(F)c3F)c(F)c2)s1. The van der Waals surface area contributed by atoms with Crippen molar-refractivity contribution in [3.8, 4) is 27.3 Å². The maximum atomic E-state index is 14.5. The number of hydrogen-bond acceptors (Lipinski definition) is 2. The number of phenolic OH excluding ortho intramolecular Hbond substituents is 1. The molecule has 1 nitrogen and oxygen atoms in total. The van der Waals surface area contributed by atoms with E-state index in [1.807, 2.05) is 6.07 Å². The second-order valence-corrected chi connectivity index (χ2v) is 7.35. The zero-order chi connectivity index (χ0) is 18.7. The molecule has 0 saturated heterocycles. The summed E-state index contributed by atoms with van der Waals surface area (Å²) in [5, 5.41) is 9.21. The van der Waals surface area contributed by atoms with Gasteiger partial charge in [0.2, 0.25) is 5.82 Å². The summed E-state index contributed by atoms with van der Waals surface area (Å²) in [6.07, 6.45) is 4.50. The summed E-state index contributed by atoms with van der Waals surface area (Å²) < 4.78 is 42.1. The van der Waals surface area contributed by atoms with Gasteiger partial charge in [-0.15, -0.1) is 11.3 Å². The third kappa shape index (κ3) is 3.78. The van der Waals surface area contributed by atoms with Gasteiger partial charge in [-0.3, -0.25) is 0 Å². The first-order chi connectivity index (χ1) is 12.5. The Hall–Kier alpha value is -2.27. The van der Waals surface area contributed by atoms with E-state index in [2.05, 4.69) is 13.0 Å². The normalized spacial score (nSPS) is 11.1. The van der Waals surface area contributed by atoms with E-state index >= 15 is 0 Å². The Morgan fingerprint density at radius 1 is 0.885 bits per heavy atom. The molecule has 0 aliphatic carbocycles. The number of hydrogen-bond donors (Lipinski definition) is 1. The van der Waals surface area contributed by atoms with Crippen molar-refractivity contribution in [2.45, 2.75) is 32.6 Å². The number of unbranched alkanes of at least 4 members (excludes halogenated alkanes) is 2. The van der Waals surface area contributed by atoms with Crippen molar-refractivity contribution in [1.82, 2.24) is 0 Å². The molecule has 3 rings (SSSR count). The van der Waals surface area contributed by atoms with Gasteiger partial charge >= 0.3 is 0 Å². The van der Waals surface area contributed by atoms with E-state index in [4.69, 9.17) is 0 Å². The number of thiophene rings is 1. The van der Waals surface area contributed by atoms with Crippen molar-refractivity contribution in [3.05, 3.63) is 64.8 Å². The molecule has 5 heteroatoms. The number of benzene rings is 2. The first-order valence-corrected chi connectivity index (χ1v) is 9.39. The van der Waals surface area contributed by atoms with Crippen LogP contribution >= 0.6 is 11.3 Å². The van der Waals surface area contributed by atoms with Gasteiger partial charge in [-0.2, -0.15) is 4.39 Å². The van der Waals surface area contributed by atoms with Gasteiger partial charge in [-0.25, -0.2) is 8.78 Å². The van der Waals surface area contributed by atoms with Gasteiger partial charge in [-0.1, -0.05) is 31.9 Å². The van der Waals surface area contributed by atoms with Gasteiger partial charge in [0.1, 0.15) is 5.82 Å². The quantitative estimate of drug-likeness (QED) is 0.462. The maximum absolute atomic E-state index is 14.5. The maximum Gasteiger partial charge on any atom is 0.200 e. The lowest BCUT2D eigenvalue weighted by Crippen LogP contribution is -1.93. The highest BCUT2D eigenvalue weighted by atomic mass is 32.1. The highest BCUT2D eigenvalue weighted by Crippen LogP contribution is 2.35. The van der Waals surface area contributed by atoms with Gasteiger partial charge in [0, 0.05) is 20.9 Å². The highest BCUT2D eigenvalue weighted by molar-refractivity contribution is 7.15. The summed E-state index contributed by atoms with van der Waals surface area (Å²) in [5.41, 5.74) is 0.457. The first-order valence-electron chi connectivity index (χ1n) is 8.57. The summed E-state index contributed by atoms with van der Waals surface area (Å²) in [6, 6.07) is 10.7. The van der Waals surface area contributed by atoms with Crippen LogP contribution in [-0.4, -0.2) is 5.11 Å². The van der Waals surface area contributed by atoms with Crippen LogP contribution in [0.2, 0.25) is 0 Å². The standard InChI is InChI=1S/C21H19F3OS/c1-2-3-4-5-14-7-11-19(26-14)13-6-8-15(17(22)12-13)16-9-10-18(25)21(24)20(16)23/h6-12,25H,2-5H2,1H3. The van der Waals surface area contributed by atoms with Crippen LogP contribution in [0.25, 0.3) is 21.6 Å². The van der Waals surface area contributed by atoms with E-state index < -0.39 is 23.2 Å². The average molecular weight is 376 g/mol. The second-order valence-electron chi connectivity index (χ2n) is 6.18. The lowest BCUT2D eigenvalue weighted by atomic mass is 10.0. The van der Waals surface area contributed by atoms with Crippen molar-refractivity contribution < 1.29 is 18.3 Å². The van der Waals surface area contributed by atoms with Gasteiger partial charge in [-0.05, 0) is 48.7 Å². The molecule has 1 N–H and O–H groups in total. The number of rotatable bonds is 6. The predicted molar refractivity (Wildman–Crippen MR) is 100.0 cm³/mol. The Balaban J connectivity index is 1.88. The molecule has 26 heavy (non-hydrogen) atoms. The van der Waals surface area contributed by atoms with Crippen LogP contribution in [0.4, 0.5) is 13.2 Å². The summed E-state index contributed by atoms with van der Waals surface area (Å²) in [4.78, 5) is 2.20. The van der Waals surface area contributed by atoms with Crippen molar-refractivity contribution >= 4 is 11.3 Å². The van der Waals surface area contributed by atoms with Crippen molar-refractivity contribution in [1.29, 1.82) is 0 Å². The fourth-order valence-corrected chi connectivity index (χ4v) is 3.90. The fourth-order valence-electron chi connectivity index (χ4n) is 2.85. The van der Waals surface area contributed by atoms with Gasteiger partial charge in [0.15, 0.2) is 11.6 Å². The third-order valence-electron chi connectivity index (χ3n) is 4.29. The van der Waals surface area contributed by atoms with Crippen LogP contribution in [0.15, 0.2) is 42.5 Å². The van der Waals surface area contributed by atoms with E-state index in [1.165, 1.54) is 35.9 Å². The Kier molecular flexibility index (Phi) is 5.67. The number of aromatic hydroxyl groups is 1. The van der Waals surface area contributed by atoms with Crippen molar-refractivity contribution in [3.63, 3.8) is 0 Å². The first kappa shape index (κ1) is 18.5. The van der Waals surface area contributed by atoms with Crippen LogP contribution in [0.5, 0.6) is 5.75 Å². The van der Waals surface area contributed by atoms with Gasteiger partial charge < -0.3 is 5.11 Å². The van der Waals surface area contributed by atoms with Gasteiger partial charge in [0.25, 0.3) is 0 Å². The molecule has 1 heterocycles. The Bertz CT molecular complexity index is 918. The molecule has 0 unspecified atom stereocenters. The molecule has 0 amide bonds. The Labute approximate surface area is 154 Å². The zero-order valence-electron chi connectivity index (χ0n) is 14.4. The zero-order valence-corrected chi connectivity index (χ0v) is 15.2. The topological polar surface area (TPSA) is 20.2 Å². The summed E-state index contributed by atoms with van der Waals surface area (Å²) in [5.74, 6) is -4.06. The lowest BCUT2D eigenvalue weighted by Gasteiger charge is -2.08. The molecule has 136 valence electrons. The van der Waals surface area contributed by atoms with Crippen molar-refractivity contribution in [2.75, 3.05) is 0 Å². The van der Waals surface area contributed by atoms with E-state index in [0.717, 1.165) is 23.8 Å². The summed E-state index contributed by atoms with van der Waals surface area (Å²) >= 11 is 1.62. The van der Waals surface area contributed by atoms with E-state index in [0.29, 0.717) is 5.56 Å². The summed E-state index contributed by atoms with van der Waals surface area (Å²) in [7, 11) is 0. The largest absolute Gasteiger partial charge is 0.505 e. The van der Waals surface area contributed by atoms with Crippen LogP contribution in [0, 0.1) is 17.5 Å². The lowest BCUT2D eigenvalue weighted by molar-refractivity contribution is 0.408. The van der Waals surface area contributed by atoms with Crippen LogP contribution in [-0.2, 0) is 6.42 Å². The van der Waals surface area contributed by atoms with E-state index in [9.17, 15) is 18.3 Å². The molecule has 3 aromatic rings. The van der Waals surface area contributed by atoms with E-state index in [-0.39, 0.29) is 11.1 Å². The molecule has 1 aromatic heterocycles. The fraction of sp³-hybridized carbons (Fsp3) is 0.238. The number of aryl methyl sites for hydroxylation is 1. The molecule has 0 saturated carbocycles. The molecule has 0 atom stereocenters. The minimum Gasteiger partial charge on any atom is -0.505 e. The molecular formula is C21H19F3OS. The van der Waals surface area contributed by atoms with Crippen LogP contribution in [0.1, 0.15) is 31.1 Å². The van der Waals surface area contributed by atoms with Crippen molar-refractivity contribution in [2.24, 2.45) is 0 Å². The molecule has 0 spiro atoms. The molecular weight excluding hydrogens is 357 g/mol. The molecule has 2 aromatic carbocycles. The monoisotopic (exact) mass is 376 g/mol. The highest BCUT2D eigenvalue weighted by Gasteiger charge is 2.17. The minimum atomic E-state index is -1.37. The molecule has 0 radical (unpaired) electrons. The molecule has 0 aliphatic heterocycles. The Morgan fingerprint density at radius 2 is 1.65 bits per heavy atom. The second kappa shape index (κ2) is 7.96. The number of phenols is 1. The van der Waals surface area contributed by atoms with Crippen LogP contribution < -0.4 is 0 Å². The Morgan fingerprint density at radius 3 is 2.38 bits per heavy atom. The number of halogens is 3. The van der Waals surface area contributed by atoms with Crippen LogP contribution in [0.3, 0.4) is 0 Å². The summed E-state index contributed by atoms with van der Waals surface area (Å²) in [6.45, 7) is 2.16. The molecule has 0 bridgehead atoms. The molecule has 0 fully saturated rings. The minimum absolute atomic E-state index is 0.0372. The van der Waals surface area contributed by atoms with E-state index in [1.54, 1.807) is 17.4 Å². The van der Waals surface area contributed by atoms with Gasteiger partial charge in [0.05, 0.1) is 0 Å². The smallest absolute Gasteiger partial charge is 0.200 e.